The third kappa shape index (κ3) is 3.22. The zero-order valence-electron chi connectivity index (χ0n) is 8.88. The summed E-state index contributed by atoms with van der Waals surface area (Å²) in [5.41, 5.74) is 0.909. The molecule has 0 fully saturated rings. The Morgan fingerprint density at radius 3 is 2.75 bits per heavy atom. The van der Waals surface area contributed by atoms with Crippen LogP contribution in [0.2, 0.25) is 0 Å². The van der Waals surface area contributed by atoms with E-state index in [9.17, 15) is 4.79 Å². The Kier molecular flexibility index (Phi) is 4.28. The van der Waals surface area contributed by atoms with Gasteiger partial charge < -0.3 is 20.1 Å². The van der Waals surface area contributed by atoms with Crippen molar-refractivity contribution in [1.29, 1.82) is 0 Å². The number of carbonyl (C=O) groups is 1. The van der Waals surface area contributed by atoms with Crippen LogP contribution in [0.15, 0.2) is 18.2 Å². The first-order chi connectivity index (χ1) is 7.54. The van der Waals surface area contributed by atoms with Crippen molar-refractivity contribution in [2.45, 2.75) is 13.0 Å². The van der Waals surface area contributed by atoms with Crippen LogP contribution in [0.1, 0.15) is 15.9 Å². The molecule has 5 heteroatoms. The number of hydrogen-bond donors (Lipinski definition) is 3. The van der Waals surface area contributed by atoms with E-state index >= 15 is 0 Å². The van der Waals surface area contributed by atoms with Gasteiger partial charge in [0.1, 0.15) is 18.5 Å². The summed E-state index contributed by atoms with van der Waals surface area (Å²) >= 11 is 0. The van der Waals surface area contributed by atoms with Crippen LogP contribution in [0.4, 0.5) is 0 Å². The van der Waals surface area contributed by atoms with Crippen molar-refractivity contribution in [2.75, 3.05) is 13.2 Å². The van der Waals surface area contributed by atoms with E-state index in [1.807, 2.05) is 0 Å². The van der Waals surface area contributed by atoms with Gasteiger partial charge in [-0.15, -0.1) is 0 Å². The first-order valence-corrected chi connectivity index (χ1v) is 4.80. The van der Waals surface area contributed by atoms with E-state index in [2.05, 4.69) is 0 Å². The molecule has 1 rings (SSSR count). The Bertz CT molecular complexity index is 375. The van der Waals surface area contributed by atoms with E-state index in [-0.39, 0.29) is 12.4 Å². The highest BCUT2D eigenvalue weighted by Crippen LogP contribution is 2.16. The number of ether oxygens (including phenoxy) is 1. The SMILES string of the molecule is Cc1cc(O)ccc1C(=O)OCC(O)CO. The number of aliphatic hydroxyl groups excluding tert-OH is 2. The summed E-state index contributed by atoms with van der Waals surface area (Å²) < 4.78 is 4.77. The second kappa shape index (κ2) is 5.48. The van der Waals surface area contributed by atoms with Gasteiger partial charge in [-0.2, -0.15) is 0 Å². The van der Waals surface area contributed by atoms with Crippen LogP contribution in [0.3, 0.4) is 0 Å². The maximum absolute atomic E-state index is 11.5. The fourth-order valence-corrected chi connectivity index (χ4v) is 1.18. The Labute approximate surface area is 92.9 Å². The molecule has 1 unspecified atom stereocenters. The summed E-state index contributed by atoms with van der Waals surface area (Å²) in [5, 5.41) is 26.7. The highest BCUT2D eigenvalue weighted by molar-refractivity contribution is 5.91. The van der Waals surface area contributed by atoms with E-state index in [1.54, 1.807) is 6.92 Å². The number of aliphatic hydroxyl groups is 2. The number of aromatic hydroxyl groups is 1. The Morgan fingerprint density at radius 1 is 1.50 bits per heavy atom. The summed E-state index contributed by atoms with van der Waals surface area (Å²) in [6.07, 6.45) is -1.07. The van der Waals surface area contributed by atoms with Crippen LogP contribution in [-0.2, 0) is 4.74 Å². The minimum absolute atomic E-state index is 0.0736. The smallest absolute Gasteiger partial charge is 0.338 e. The fourth-order valence-electron chi connectivity index (χ4n) is 1.18. The van der Waals surface area contributed by atoms with Gasteiger partial charge in [0.05, 0.1) is 12.2 Å². The lowest BCUT2D eigenvalue weighted by Crippen LogP contribution is -2.22. The van der Waals surface area contributed by atoms with Crippen molar-refractivity contribution < 1.29 is 24.9 Å². The predicted molar refractivity (Wildman–Crippen MR) is 56.2 cm³/mol. The van der Waals surface area contributed by atoms with Crippen molar-refractivity contribution >= 4 is 5.97 Å². The highest BCUT2D eigenvalue weighted by Gasteiger charge is 2.12. The third-order valence-corrected chi connectivity index (χ3v) is 2.05. The molecule has 16 heavy (non-hydrogen) atoms. The standard InChI is InChI=1S/C11H14O5/c1-7-4-8(13)2-3-10(7)11(15)16-6-9(14)5-12/h2-4,9,12-14H,5-6H2,1H3. The highest BCUT2D eigenvalue weighted by atomic mass is 16.5. The molecule has 1 aromatic rings. The zero-order valence-corrected chi connectivity index (χ0v) is 8.88. The molecule has 0 radical (unpaired) electrons. The van der Waals surface area contributed by atoms with Gasteiger partial charge in [-0.1, -0.05) is 0 Å². The summed E-state index contributed by atoms with van der Waals surface area (Å²) in [6.45, 7) is 0.955. The predicted octanol–water partition coefficient (Wildman–Crippen LogP) is 0.211. The number of esters is 1. The van der Waals surface area contributed by atoms with Gasteiger partial charge in [0, 0.05) is 0 Å². The monoisotopic (exact) mass is 226 g/mol. The Hall–Kier alpha value is -1.59. The Balaban J connectivity index is 2.66. The zero-order chi connectivity index (χ0) is 12.1. The lowest BCUT2D eigenvalue weighted by atomic mass is 10.1. The summed E-state index contributed by atoms with van der Waals surface area (Å²) in [6, 6.07) is 4.27. The molecule has 0 aromatic heterocycles. The average molecular weight is 226 g/mol. The number of phenolic OH excluding ortho intramolecular Hbond substituents is 1. The number of aryl methyl sites for hydroxylation is 1. The van der Waals surface area contributed by atoms with Gasteiger partial charge >= 0.3 is 5.97 Å². The van der Waals surface area contributed by atoms with Crippen molar-refractivity contribution in [3.8, 4) is 5.75 Å². The molecule has 0 aliphatic heterocycles. The van der Waals surface area contributed by atoms with Crippen LogP contribution in [-0.4, -0.2) is 40.6 Å². The summed E-state index contributed by atoms with van der Waals surface area (Å²) in [4.78, 5) is 11.5. The topological polar surface area (TPSA) is 87.0 Å². The van der Waals surface area contributed by atoms with E-state index < -0.39 is 18.7 Å². The van der Waals surface area contributed by atoms with Crippen molar-refractivity contribution in [2.24, 2.45) is 0 Å². The Morgan fingerprint density at radius 2 is 2.19 bits per heavy atom. The van der Waals surface area contributed by atoms with Crippen LogP contribution >= 0.6 is 0 Å². The first kappa shape index (κ1) is 12.5. The van der Waals surface area contributed by atoms with E-state index in [0.717, 1.165) is 0 Å². The quantitative estimate of drug-likeness (QED) is 0.639. The van der Waals surface area contributed by atoms with E-state index in [1.165, 1.54) is 18.2 Å². The van der Waals surface area contributed by atoms with Gasteiger partial charge in [0.2, 0.25) is 0 Å². The minimum Gasteiger partial charge on any atom is -0.508 e. The molecule has 3 N–H and O–H groups in total. The van der Waals surface area contributed by atoms with Crippen LogP contribution in [0.5, 0.6) is 5.75 Å². The number of phenols is 1. The molecule has 1 aromatic carbocycles. The average Bonchev–Trinajstić information content (AvgIpc) is 2.25. The number of benzene rings is 1. The molecule has 0 aliphatic rings. The normalized spacial score (nSPS) is 12.2. The fraction of sp³-hybridized carbons (Fsp3) is 0.364. The molecular formula is C11H14O5. The molecular weight excluding hydrogens is 212 g/mol. The minimum atomic E-state index is -1.07. The third-order valence-electron chi connectivity index (χ3n) is 2.05. The molecule has 0 saturated carbocycles. The lowest BCUT2D eigenvalue weighted by Gasteiger charge is -2.09. The molecule has 0 bridgehead atoms. The maximum atomic E-state index is 11.5. The lowest BCUT2D eigenvalue weighted by molar-refractivity contribution is 0.00927. The molecule has 1 atom stereocenters. The van der Waals surface area contributed by atoms with Gasteiger partial charge in [-0.3, -0.25) is 0 Å². The van der Waals surface area contributed by atoms with Gasteiger partial charge in [0.15, 0.2) is 0 Å². The number of rotatable bonds is 4. The molecule has 88 valence electrons. The molecule has 0 saturated heterocycles. The van der Waals surface area contributed by atoms with Crippen molar-refractivity contribution in [3.63, 3.8) is 0 Å². The molecule has 0 spiro atoms. The van der Waals surface area contributed by atoms with Crippen molar-refractivity contribution in [1.82, 2.24) is 0 Å². The van der Waals surface area contributed by atoms with Gasteiger partial charge in [0.25, 0.3) is 0 Å². The summed E-state index contributed by atoms with van der Waals surface area (Å²) in [5.74, 6) is -0.519. The maximum Gasteiger partial charge on any atom is 0.338 e. The van der Waals surface area contributed by atoms with Gasteiger partial charge in [-0.05, 0) is 30.7 Å². The molecule has 0 heterocycles. The second-order valence-electron chi connectivity index (χ2n) is 3.43. The molecule has 0 amide bonds. The first-order valence-electron chi connectivity index (χ1n) is 4.80. The van der Waals surface area contributed by atoms with E-state index in [4.69, 9.17) is 20.1 Å². The summed E-state index contributed by atoms with van der Waals surface area (Å²) in [7, 11) is 0. The van der Waals surface area contributed by atoms with Gasteiger partial charge in [-0.25, -0.2) is 4.79 Å². The second-order valence-corrected chi connectivity index (χ2v) is 3.43. The van der Waals surface area contributed by atoms with Crippen LogP contribution in [0.25, 0.3) is 0 Å². The van der Waals surface area contributed by atoms with Crippen LogP contribution < -0.4 is 0 Å². The number of hydrogen-bond acceptors (Lipinski definition) is 5. The molecule has 0 aliphatic carbocycles. The van der Waals surface area contributed by atoms with Crippen LogP contribution in [0, 0.1) is 6.92 Å². The molecule has 5 nitrogen and oxygen atoms in total. The van der Waals surface area contributed by atoms with E-state index in [0.29, 0.717) is 11.1 Å². The number of carbonyl (C=O) groups excluding carboxylic acids is 1. The van der Waals surface area contributed by atoms with Crippen molar-refractivity contribution in [3.05, 3.63) is 29.3 Å². The largest absolute Gasteiger partial charge is 0.508 e.